The van der Waals surface area contributed by atoms with Gasteiger partial charge in [0.1, 0.15) is 18.1 Å². The van der Waals surface area contributed by atoms with Gasteiger partial charge in [-0.2, -0.15) is 0 Å². The van der Waals surface area contributed by atoms with Crippen LogP contribution in [0.1, 0.15) is 113 Å². The van der Waals surface area contributed by atoms with Crippen LogP contribution in [0.5, 0.6) is 0 Å². The zero-order chi connectivity index (χ0) is 26.3. The molecule has 0 saturated heterocycles. The summed E-state index contributed by atoms with van der Waals surface area (Å²) in [6.45, 7) is 7.03. The lowest BCUT2D eigenvalue weighted by Gasteiger charge is -2.29. The van der Waals surface area contributed by atoms with Crippen molar-refractivity contribution in [2.45, 2.75) is 123 Å². The number of carbonyl (C=O) groups excluding carboxylic acids is 2. The lowest BCUT2D eigenvalue weighted by molar-refractivity contribution is -0.873. The maximum Gasteiger partial charge on any atom is 0.306 e. The van der Waals surface area contributed by atoms with Crippen LogP contribution < -0.4 is 5.11 Å². The topological polar surface area (TPSA) is 79.6 Å². The number of carbonyl (C=O) groups is 2. The van der Waals surface area contributed by atoms with Crippen molar-refractivity contribution in [3.63, 3.8) is 0 Å². The standard InChI is InChI=1S/C29H51NO5/c1-7-18-26-23(2)24(3)27(35-26)19-16-14-12-10-8-9-11-13-15-17-20-29(33)34-25(21-28(31)32)22-30(4,5)6/h25H,7-22H2,1-6H3. The minimum absolute atomic E-state index is 0.247. The third kappa shape index (κ3) is 14.4. The zero-order valence-corrected chi connectivity index (χ0v) is 23.4. The van der Waals surface area contributed by atoms with Crippen LogP contribution in [-0.2, 0) is 27.2 Å². The molecule has 1 aromatic heterocycles. The first kappa shape index (κ1) is 31.2. The van der Waals surface area contributed by atoms with Crippen molar-refractivity contribution in [3.8, 4) is 0 Å². The molecule has 0 fully saturated rings. The van der Waals surface area contributed by atoms with E-state index in [9.17, 15) is 14.7 Å². The van der Waals surface area contributed by atoms with E-state index >= 15 is 0 Å². The van der Waals surface area contributed by atoms with Crippen LogP contribution in [0.25, 0.3) is 0 Å². The third-order valence-corrected chi connectivity index (χ3v) is 6.60. The molecule has 0 aliphatic carbocycles. The summed E-state index contributed by atoms with van der Waals surface area (Å²) in [6.07, 6.45) is 14.4. The fraction of sp³-hybridized carbons (Fsp3) is 0.793. The maximum absolute atomic E-state index is 12.1. The average molecular weight is 494 g/mol. The van der Waals surface area contributed by atoms with Gasteiger partial charge in [-0.05, 0) is 44.2 Å². The number of ether oxygens (including phenoxy) is 1. The number of unbranched alkanes of at least 4 members (excludes halogenated alkanes) is 9. The Morgan fingerprint density at radius 1 is 0.829 bits per heavy atom. The second-order valence-electron chi connectivity index (χ2n) is 11.1. The van der Waals surface area contributed by atoms with Gasteiger partial charge < -0.3 is 23.5 Å². The quantitative estimate of drug-likeness (QED) is 0.137. The summed E-state index contributed by atoms with van der Waals surface area (Å²) in [4.78, 5) is 23.0. The molecule has 1 atom stereocenters. The van der Waals surface area contributed by atoms with E-state index in [1.807, 2.05) is 21.1 Å². The SMILES string of the molecule is CCCc1oc(CCCCCCCCCCCCC(=O)OC(CC(=O)[O-])C[N+](C)(C)C)c(C)c1C. The summed E-state index contributed by atoms with van der Waals surface area (Å²) < 4.78 is 12.0. The molecule has 0 aliphatic heterocycles. The van der Waals surface area contributed by atoms with Gasteiger partial charge in [0.25, 0.3) is 0 Å². The average Bonchev–Trinajstić information content (AvgIpc) is 3.01. The molecule has 6 nitrogen and oxygen atoms in total. The van der Waals surface area contributed by atoms with Gasteiger partial charge in [-0.3, -0.25) is 4.79 Å². The number of likely N-dealkylation sites (N-methyl/N-ethyl adjacent to an activating group) is 1. The number of carboxylic acids is 1. The van der Waals surface area contributed by atoms with E-state index < -0.39 is 12.1 Å². The Bertz CT molecular complexity index is 747. The number of carboxylic acid groups (broad SMARTS) is 1. The number of quaternary nitrogens is 1. The number of aliphatic carboxylic acids is 1. The highest BCUT2D eigenvalue weighted by molar-refractivity contribution is 5.70. The van der Waals surface area contributed by atoms with E-state index in [-0.39, 0.29) is 12.4 Å². The van der Waals surface area contributed by atoms with E-state index in [0.29, 0.717) is 17.4 Å². The molecule has 6 heteroatoms. The summed E-state index contributed by atoms with van der Waals surface area (Å²) in [5.74, 6) is 0.889. The number of nitrogens with zero attached hydrogens (tertiary/aromatic N) is 1. The van der Waals surface area contributed by atoms with Crippen molar-refractivity contribution in [1.82, 2.24) is 0 Å². The number of furan rings is 1. The largest absolute Gasteiger partial charge is 0.550 e. The van der Waals surface area contributed by atoms with Gasteiger partial charge in [-0.15, -0.1) is 0 Å². The molecule has 0 bridgehead atoms. The molecule has 1 unspecified atom stereocenters. The highest BCUT2D eigenvalue weighted by Gasteiger charge is 2.22. The van der Waals surface area contributed by atoms with Gasteiger partial charge in [0.05, 0.1) is 21.1 Å². The van der Waals surface area contributed by atoms with Crippen LogP contribution >= 0.6 is 0 Å². The van der Waals surface area contributed by atoms with Crippen LogP contribution in [0, 0.1) is 13.8 Å². The van der Waals surface area contributed by atoms with E-state index in [0.717, 1.165) is 38.5 Å². The molecule has 35 heavy (non-hydrogen) atoms. The monoisotopic (exact) mass is 493 g/mol. The van der Waals surface area contributed by atoms with Gasteiger partial charge >= 0.3 is 5.97 Å². The van der Waals surface area contributed by atoms with Crippen LogP contribution in [0.3, 0.4) is 0 Å². The smallest absolute Gasteiger partial charge is 0.306 e. The Kier molecular flexibility index (Phi) is 15.0. The van der Waals surface area contributed by atoms with Gasteiger partial charge in [0.2, 0.25) is 0 Å². The Hall–Kier alpha value is -1.82. The first-order chi connectivity index (χ1) is 16.5. The molecule has 1 rings (SSSR count). The van der Waals surface area contributed by atoms with E-state index in [1.165, 1.54) is 67.6 Å². The van der Waals surface area contributed by atoms with Gasteiger partial charge in [-0.25, -0.2) is 0 Å². The van der Waals surface area contributed by atoms with Crippen molar-refractivity contribution in [3.05, 3.63) is 22.6 Å². The molecule has 0 spiro atoms. The number of hydrogen-bond donors (Lipinski definition) is 0. The predicted octanol–water partition coefficient (Wildman–Crippen LogP) is 5.44. The van der Waals surface area contributed by atoms with Gasteiger partial charge in [0.15, 0.2) is 6.10 Å². The predicted molar refractivity (Wildman–Crippen MR) is 139 cm³/mol. The minimum atomic E-state index is -1.18. The Morgan fingerprint density at radius 3 is 1.80 bits per heavy atom. The van der Waals surface area contributed by atoms with Crippen LogP contribution in [0.15, 0.2) is 4.42 Å². The Labute approximate surface area is 214 Å². The molecule has 0 saturated carbocycles. The number of rotatable bonds is 20. The summed E-state index contributed by atoms with van der Waals surface area (Å²) in [5, 5.41) is 10.9. The first-order valence-electron chi connectivity index (χ1n) is 13.8. The van der Waals surface area contributed by atoms with Crippen LogP contribution in [-0.4, -0.2) is 50.2 Å². The highest BCUT2D eigenvalue weighted by atomic mass is 16.5. The van der Waals surface area contributed by atoms with E-state index in [4.69, 9.17) is 9.15 Å². The molecular formula is C29H51NO5. The van der Waals surface area contributed by atoms with Crippen LogP contribution in [0.2, 0.25) is 0 Å². The van der Waals surface area contributed by atoms with Crippen molar-refractivity contribution in [2.24, 2.45) is 0 Å². The molecule has 0 N–H and O–H groups in total. The molecule has 0 radical (unpaired) electrons. The fourth-order valence-electron chi connectivity index (χ4n) is 4.58. The number of esters is 1. The zero-order valence-electron chi connectivity index (χ0n) is 23.4. The van der Waals surface area contributed by atoms with Crippen LogP contribution in [0.4, 0.5) is 0 Å². The molecule has 0 amide bonds. The van der Waals surface area contributed by atoms with Crippen molar-refractivity contribution in [2.75, 3.05) is 27.7 Å². The molecule has 0 aliphatic rings. The molecule has 202 valence electrons. The molecular weight excluding hydrogens is 442 g/mol. The second-order valence-corrected chi connectivity index (χ2v) is 11.1. The summed E-state index contributed by atoms with van der Waals surface area (Å²) in [7, 11) is 5.84. The number of aryl methyl sites for hydroxylation is 2. The summed E-state index contributed by atoms with van der Waals surface area (Å²) in [6, 6.07) is 0. The van der Waals surface area contributed by atoms with Gasteiger partial charge in [-0.1, -0.05) is 58.3 Å². The van der Waals surface area contributed by atoms with E-state index in [1.54, 1.807) is 0 Å². The molecule has 1 aromatic rings. The lowest BCUT2D eigenvalue weighted by atomic mass is 10.0. The molecule has 0 aromatic carbocycles. The highest BCUT2D eigenvalue weighted by Crippen LogP contribution is 2.24. The third-order valence-electron chi connectivity index (χ3n) is 6.60. The second kappa shape index (κ2) is 16.8. The Morgan fingerprint density at radius 2 is 1.31 bits per heavy atom. The van der Waals surface area contributed by atoms with Crippen molar-refractivity contribution in [1.29, 1.82) is 0 Å². The minimum Gasteiger partial charge on any atom is -0.550 e. The summed E-state index contributed by atoms with van der Waals surface area (Å²) >= 11 is 0. The molecule has 1 heterocycles. The first-order valence-corrected chi connectivity index (χ1v) is 13.8. The van der Waals surface area contributed by atoms with E-state index in [2.05, 4.69) is 20.8 Å². The number of hydrogen-bond acceptors (Lipinski definition) is 5. The maximum atomic E-state index is 12.1. The summed E-state index contributed by atoms with van der Waals surface area (Å²) in [5.41, 5.74) is 2.70. The normalized spacial score (nSPS) is 12.6. The van der Waals surface area contributed by atoms with Crippen molar-refractivity contribution >= 4 is 11.9 Å². The van der Waals surface area contributed by atoms with Crippen molar-refractivity contribution < 1.29 is 28.3 Å². The fourth-order valence-corrected chi connectivity index (χ4v) is 4.58. The van der Waals surface area contributed by atoms with Gasteiger partial charge in [0, 0.05) is 31.7 Å². The Balaban J connectivity index is 2.04. The lowest BCUT2D eigenvalue weighted by Crippen LogP contribution is -2.45.